The van der Waals surface area contributed by atoms with Gasteiger partial charge in [-0.05, 0) is 32.4 Å². The fourth-order valence-electron chi connectivity index (χ4n) is 0.696. The largest absolute Gasteiger partial charge is 0.392 e. The molecule has 0 fully saturated rings. The summed E-state index contributed by atoms with van der Waals surface area (Å²) < 4.78 is 0. The summed E-state index contributed by atoms with van der Waals surface area (Å²) in [5.41, 5.74) is 0.674. The van der Waals surface area contributed by atoms with Gasteiger partial charge >= 0.3 is 0 Å². The van der Waals surface area contributed by atoms with Gasteiger partial charge in [0.1, 0.15) is 0 Å². The number of hydrogen-bond acceptors (Lipinski definition) is 2. The summed E-state index contributed by atoms with van der Waals surface area (Å²) in [6.45, 7) is 5.99. The number of rotatable bonds is 3. The van der Waals surface area contributed by atoms with Crippen LogP contribution < -0.4 is 0 Å². The van der Waals surface area contributed by atoms with Crippen LogP contribution in [0.15, 0.2) is 23.8 Å². The van der Waals surface area contributed by atoms with Crippen LogP contribution in [0.5, 0.6) is 0 Å². The minimum atomic E-state index is -0.0602. The summed E-state index contributed by atoms with van der Waals surface area (Å²) >= 11 is 0. The van der Waals surface area contributed by atoms with Crippen molar-refractivity contribution < 1.29 is 10.2 Å². The van der Waals surface area contributed by atoms with Crippen molar-refractivity contribution in [1.29, 1.82) is 0 Å². The van der Waals surface area contributed by atoms with Gasteiger partial charge in [0.25, 0.3) is 0 Å². The zero-order valence-electron chi connectivity index (χ0n) is 9.04. The summed E-state index contributed by atoms with van der Waals surface area (Å²) in [5.74, 6) is 5.91. The number of hydrogen-bond donors (Lipinski definition) is 2. The van der Waals surface area contributed by atoms with Crippen molar-refractivity contribution >= 4 is 0 Å². The first-order valence-electron chi connectivity index (χ1n) is 4.59. The molecule has 78 valence electrons. The highest BCUT2D eigenvalue weighted by Crippen LogP contribution is 2.09. The Balaban J connectivity index is 4.44. The van der Waals surface area contributed by atoms with Gasteiger partial charge in [0.2, 0.25) is 0 Å². The fourth-order valence-corrected chi connectivity index (χ4v) is 0.696. The average molecular weight is 194 g/mol. The van der Waals surface area contributed by atoms with Crippen LogP contribution in [0.4, 0.5) is 0 Å². The van der Waals surface area contributed by atoms with Gasteiger partial charge < -0.3 is 10.2 Å². The molecule has 2 N–H and O–H groups in total. The van der Waals surface area contributed by atoms with Crippen LogP contribution in [0.3, 0.4) is 0 Å². The molecule has 0 unspecified atom stereocenters. The van der Waals surface area contributed by atoms with E-state index < -0.39 is 0 Å². The lowest BCUT2D eigenvalue weighted by atomic mass is 9.98. The van der Waals surface area contributed by atoms with Crippen molar-refractivity contribution in [3.8, 4) is 11.8 Å². The van der Waals surface area contributed by atoms with Crippen molar-refractivity contribution in [1.82, 2.24) is 0 Å². The molecule has 0 spiro atoms. The fraction of sp³-hybridized carbons (Fsp3) is 0.500. The number of aliphatic hydroxyl groups excluding tert-OH is 2. The quantitative estimate of drug-likeness (QED) is 0.528. The second-order valence-electron chi connectivity index (χ2n) is 3.98. The van der Waals surface area contributed by atoms with Crippen molar-refractivity contribution in [2.24, 2.45) is 5.41 Å². The summed E-state index contributed by atoms with van der Waals surface area (Å²) in [7, 11) is 0. The third-order valence-corrected chi connectivity index (χ3v) is 1.32. The molecule has 0 heterocycles. The zero-order chi connectivity index (χ0) is 11.0. The Labute approximate surface area is 86.0 Å². The molecule has 14 heavy (non-hydrogen) atoms. The molecular weight excluding hydrogens is 176 g/mol. The van der Waals surface area contributed by atoms with Crippen LogP contribution in [-0.4, -0.2) is 23.4 Å². The van der Waals surface area contributed by atoms with Crippen LogP contribution in [0.25, 0.3) is 0 Å². The van der Waals surface area contributed by atoms with E-state index in [2.05, 4.69) is 11.8 Å². The summed E-state index contributed by atoms with van der Waals surface area (Å²) in [6.07, 6.45) is 4.90. The third-order valence-electron chi connectivity index (χ3n) is 1.32. The van der Waals surface area contributed by atoms with E-state index in [-0.39, 0.29) is 18.6 Å². The van der Waals surface area contributed by atoms with E-state index >= 15 is 0 Å². The maximum Gasteiger partial charge on any atom is 0.0687 e. The monoisotopic (exact) mass is 194 g/mol. The van der Waals surface area contributed by atoms with Gasteiger partial charge in [-0.3, -0.25) is 0 Å². The van der Waals surface area contributed by atoms with Crippen molar-refractivity contribution in [2.45, 2.75) is 20.8 Å². The SMILES string of the molecule is CC(C)(C)C#C/C=C(\C=C\CO)CO. The molecule has 0 radical (unpaired) electrons. The van der Waals surface area contributed by atoms with Gasteiger partial charge in [-0.25, -0.2) is 0 Å². The Hall–Kier alpha value is -1.04. The van der Waals surface area contributed by atoms with Gasteiger partial charge in [-0.2, -0.15) is 0 Å². The normalized spacial score (nSPS) is 12.8. The minimum Gasteiger partial charge on any atom is -0.392 e. The van der Waals surface area contributed by atoms with Crippen LogP contribution >= 0.6 is 0 Å². The van der Waals surface area contributed by atoms with E-state index in [0.717, 1.165) is 0 Å². The topological polar surface area (TPSA) is 40.5 Å². The van der Waals surface area contributed by atoms with E-state index in [4.69, 9.17) is 10.2 Å². The lowest BCUT2D eigenvalue weighted by Gasteiger charge is -2.06. The molecule has 0 atom stereocenters. The van der Waals surface area contributed by atoms with Gasteiger partial charge in [0, 0.05) is 5.41 Å². The Morgan fingerprint density at radius 2 is 1.93 bits per heavy atom. The lowest BCUT2D eigenvalue weighted by molar-refractivity contribution is 0.333. The summed E-state index contributed by atoms with van der Waals surface area (Å²) in [5, 5.41) is 17.4. The van der Waals surface area contributed by atoms with Crippen molar-refractivity contribution in [2.75, 3.05) is 13.2 Å². The van der Waals surface area contributed by atoms with E-state index in [0.29, 0.717) is 5.57 Å². The molecule has 0 rings (SSSR count). The van der Waals surface area contributed by atoms with Gasteiger partial charge in [-0.1, -0.05) is 24.0 Å². The first-order chi connectivity index (χ1) is 6.49. The molecule has 0 aromatic rings. The van der Waals surface area contributed by atoms with Gasteiger partial charge in [-0.15, -0.1) is 0 Å². The predicted octanol–water partition coefficient (Wildman–Crippen LogP) is 1.50. The standard InChI is InChI=1S/C12H18O2/c1-12(2,3)8-4-6-11(10-14)7-5-9-13/h5-7,13-14H,9-10H2,1-3H3/b7-5+,11-6+. The molecular formula is C12H18O2. The van der Waals surface area contributed by atoms with Gasteiger partial charge in [0.15, 0.2) is 0 Å². The summed E-state index contributed by atoms with van der Waals surface area (Å²) in [4.78, 5) is 0. The van der Waals surface area contributed by atoms with E-state index in [9.17, 15) is 0 Å². The number of aliphatic hydroxyl groups is 2. The number of allylic oxidation sites excluding steroid dienone is 1. The molecule has 0 aliphatic heterocycles. The first kappa shape index (κ1) is 13.0. The van der Waals surface area contributed by atoms with Crippen LogP contribution in [-0.2, 0) is 0 Å². The molecule has 0 saturated heterocycles. The van der Waals surface area contributed by atoms with Crippen molar-refractivity contribution in [3.05, 3.63) is 23.8 Å². The predicted molar refractivity (Wildman–Crippen MR) is 58.6 cm³/mol. The summed E-state index contributed by atoms with van der Waals surface area (Å²) in [6, 6.07) is 0. The molecule has 0 aliphatic carbocycles. The third kappa shape index (κ3) is 7.60. The highest BCUT2D eigenvalue weighted by molar-refractivity contribution is 5.30. The highest BCUT2D eigenvalue weighted by Gasteiger charge is 2.02. The van der Waals surface area contributed by atoms with Crippen LogP contribution in [0, 0.1) is 17.3 Å². The Morgan fingerprint density at radius 3 is 2.36 bits per heavy atom. The average Bonchev–Trinajstić information content (AvgIpc) is 2.09. The maximum atomic E-state index is 8.91. The molecule has 2 nitrogen and oxygen atoms in total. The molecule has 0 saturated carbocycles. The second-order valence-corrected chi connectivity index (χ2v) is 3.98. The Bertz CT molecular complexity index is 269. The van der Waals surface area contributed by atoms with E-state index in [1.54, 1.807) is 18.2 Å². The second kappa shape index (κ2) is 6.42. The Kier molecular flexibility index (Phi) is 5.94. The molecule has 0 bridgehead atoms. The van der Waals surface area contributed by atoms with E-state index in [1.807, 2.05) is 20.8 Å². The first-order valence-corrected chi connectivity index (χ1v) is 4.59. The molecule has 2 heteroatoms. The van der Waals surface area contributed by atoms with Gasteiger partial charge in [0.05, 0.1) is 13.2 Å². The molecule has 0 aromatic heterocycles. The minimum absolute atomic E-state index is 0.0238. The Morgan fingerprint density at radius 1 is 1.29 bits per heavy atom. The van der Waals surface area contributed by atoms with Crippen LogP contribution in [0.1, 0.15) is 20.8 Å². The lowest BCUT2D eigenvalue weighted by Crippen LogP contribution is -1.98. The van der Waals surface area contributed by atoms with E-state index in [1.165, 1.54) is 0 Å². The maximum absolute atomic E-state index is 8.91. The smallest absolute Gasteiger partial charge is 0.0687 e. The highest BCUT2D eigenvalue weighted by atomic mass is 16.3. The molecule has 0 aromatic carbocycles. The zero-order valence-corrected chi connectivity index (χ0v) is 9.04. The van der Waals surface area contributed by atoms with Crippen molar-refractivity contribution in [3.63, 3.8) is 0 Å². The molecule has 0 aliphatic rings. The van der Waals surface area contributed by atoms with Crippen LogP contribution in [0.2, 0.25) is 0 Å². The molecule has 0 amide bonds.